The van der Waals surface area contributed by atoms with Crippen LogP contribution in [0.5, 0.6) is 0 Å². The van der Waals surface area contributed by atoms with E-state index in [1.165, 1.54) is 30.3 Å². The van der Waals surface area contributed by atoms with Crippen LogP contribution in [0.2, 0.25) is 0 Å². The number of para-hydroxylation sites is 1. The van der Waals surface area contributed by atoms with E-state index >= 15 is 0 Å². The fraction of sp³-hybridized carbons (Fsp3) is 0.467. The molecule has 2 aromatic rings. The highest BCUT2D eigenvalue weighted by Crippen LogP contribution is 2.28. The predicted molar refractivity (Wildman–Crippen MR) is 70.2 cm³/mol. The minimum absolute atomic E-state index is 0.767. The van der Waals surface area contributed by atoms with Gasteiger partial charge in [-0.1, -0.05) is 18.2 Å². The molecule has 1 fully saturated rings. The van der Waals surface area contributed by atoms with Gasteiger partial charge in [0.2, 0.25) is 0 Å². The molecule has 1 aliphatic rings. The molecular formula is C15H19NO. The molecule has 0 saturated carbocycles. The lowest BCUT2D eigenvalue weighted by molar-refractivity contribution is 0.374. The number of furan rings is 1. The molecule has 3 rings (SSSR count). The van der Waals surface area contributed by atoms with E-state index in [-0.39, 0.29) is 0 Å². The minimum atomic E-state index is 0.767. The summed E-state index contributed by atoms with van der Waals surface area (Å²) in [6.45, 7) is 4.42. The molecule has 0 aliphatic carbocycles. The molecule has 2 nitrogen and oxygen atoms in total. The Bertz CT molecular complexity index is 509. The van der Waals surface area contributed by atoms with Gasteiger partial charge >= 0.3 is 0 Å². The zero-order chi connectivity index (χ0) is 11.7. The van der Waals surface area contributed by atoms with E-state index in [1.807, 2.05) is 6.07 Å². The Kier molecular flexibility index (Phi) is 2.89. The lowest BCUT2D eigenvalue weighted by atomic mass is 9.91. The van der Waals surface area contributed by atoms with Crippen LogP contribution in [0.25, 0.3) is 11.0 Å². The first-order valence-electron chi connectivity index (χ1n) is 6.52. The van der Waals surface area contributed by atoms with Crippen molar-refractivity contribution in [2.24, 2.45) is 5.92 Å². The molecule has 1 saturated heterocycles. The van der Waals surface area contributed by atoms with Crippen LogP contribution in [0.4, 0.5) is 0 Å². The largest absolute Gasteiger partial charge is 0.461 e. The maximum Gasteiger partial charge on any atom is 0.134 e. The second-order valence-electron chi connectivity index (χ2n) is 5.05. The number of piperidine rings is 1. The van der Waals surface area contributed by atoms with Gasteiger partial charge in [-0.05, 0) is 51.3 Å². The number of aryl methyl sites for hydroxylation is 1. The quantitative estimate of drug-likeness (QED) is 0.855. The Morgan fingerprint density at radius 2 is 2.24 bits per heavy atom. The van der Waals surface area contributed by atoms with E-state index in [0.29, 0.717) is 0 Å². The Hall–Kier alpha value is -1.28. The lowest BCUT2D eigenvalue weighted by Gasteiger charge is -2.22. The van der Waals surface area contributed by atoms with E-state index in [9.17, 15) is 0 Å². The van der Waals surface area contributed by atoms with E-state index in [0.717, 1.165) is 30.2 Å². The Labute approximate surface area is 102 Å². The van der Waals surface area contributed by atoms with Gasteiger partial charge < -0.3 is 9.73 Å². The Morgan fingerprint density at radius 3 is 3.06 bits per heavy atom. The van der Waals surface area contributed by atoms with Crippen LogP contribution in [0.15, 0.2) is 28.7 Å². The second kappa shape index (κ2) is 4.53. The van der Waals surface area contributed by atoms with Gasteiger partial charge in [0.1, 0.15) is 11.3 Å². The maximum absolute atomic E-state index is 5.82. The number of hydrogen-bond acceptors (Lipinski definition) is 2. The number of hydrogen-bond donors (Lipinski definition) is 1. The highest BCUT2D eigenvalue weighted by atomic mass is 16.3. The van der Waals surface area contributed by atoms with Crippen molar-refractivity contribution in [3.05, 3.63) is 35.6 Å². The predicted octanol–water partition coefficient (Wildman–Crippen LogP) is 3.28. The smallest absolute Gasteiger partial charge is 0.134 e. The molecular weight excluding hydrogens is 210 g/mol. The van der Waals surface area contributed by atoms with Gasteiger partial charge in [0.05, 0.1) is 0 Å². The monoisotopic (exact) mass is 229 g/mol. The van der Waals surface area contributed by atoms with Crippen molar-refractivity contribution in [2.75, 3.05) is 13.1 Å². The SMILES string of the molecule is Cc1oc2ccccc2c1CC1CCCNC1. The van der Waals surface area contributed by atoms with Gasteiger partial charge in [0.15, 0.2) is 0 Å². The molecule has 0 amide bonds. The second-order valence-corrected chi connectivity index (χ2v) is 5.05. The molecule has 2 heterocycles. The average molecular weight is 229 g/mol. The molecule has 1 aliphatic heterocycles. The fourth-order valence-corrected chi connectivity index (χ4v) is 2.86. The first-order valence-corrected chi connectivity index (χ1v) is 6.52. The standard InChI is InChI=1S/C15H19NO/c1-11-14(9-12-5-4-8-16-10-12)13-6-2-3-7-15(13)17-11/h2-3,6-7,12,16H,4-5,8-10H2,1H3. The van der Waals surface area contributed by atoms with Crippen molar-refractivity contribution in [3.8, 4) is 0 Å². The summed E-state index contributed by atoms with van der Waals surface area (Å²) in [5.41, 5.74) is 2.44. The van der Waals surface area contributed by atoms with Crippen LogP contribution in [0.3, 0.4) is 0 Å². The summed E-state index contributed by atoms with van der Waals surface area (Å²) in [4.78, 5) is 0. The molecule has 1 aromatic heterocycles. The van der Waals surface area contributed by atoms with Crippen molar-refractivity contribution in [1.29, 1.82) is 0 Å². The molecule has 17 heavy (non-hydrogen) atoms. The van der Waals surface area contributed by atoms with Crippen LogP contribution in [0.1, 0.15) is 24.2 Å². The van der Waals surface area contributed by atoms with Crippen molar-refractivity contribution >= 4 is 11.0 Å². The molecule has 0 radical (unpaired) electrons. The van der Waals surface area contributed by atoms with E-state index in [1.54, 1.807) is 0 Å². The molecule has 2 heteroatoms. The van der Waals surface area contributed by atoms with Gasteiger partial charge in [-0.3, -0.25) is 0 Å². The van der Waals surface area contributed by atoms with Crippen LogP contribution < -0.4 is 5.32 Å². The van der Waals surface area contributed by atoms with Crippen LogP contribution in [0, 0.1) is 12.8 Å². The molecule has 1 unspecified atom stereocenters. The molecule has 1 N–H and O–H groups in total. The van der Waals surface area contributed by atoms with Crippen LogP contribution >= 0.6 is 0 Å². The fourth-order valence-electron chi connectivity index (χ4n) is 2.86. The van der Waals surface area contributed by atoms with Gasteiger partial charge in [0, 0.05) is 10.9 Å². The van der Waals surface area contributed by atoms with Crippen LogP contribution in [-0.2, 0) is 6.42 Å². The van der Waals surface area contributed by atoms with Crippen molar-refractivity contribution in [2.45, 2.75) is 26.2 Å². The maximum atomic E-state index is 5.82. The van der Waals surface area contributed by atoms with Crippen molar-refractivity contribution in [1.82, 2.24) is 5.32 Å². The summed E-state index contributed by atoms with van der Waals surface area (Å²) in [5, 5.41) is 4.79. The minimum Gasteiger partial charge on any atom is -0.461 e. The summed E-state index contributed by atoms with van der Waals surface area (Å²) in [7, 11) is 0. The highest BCUT2D eigenvalue weighted by molar-refractivity contribution is 5.82. The van der Waals surface area contributed by atoms with Gasteiger partial charge in [-0.2, -0.15) is 0 Å². The third-order valence-corrected chi connectivity index (χ3v) is 3.79. The summed E-state index contributed by atoms with van der Waals surface area (Å²) >= 11 is 0. The lowest BCUT2D eigenvalue weighted by Crippen LogP contribution is -2.30. The Morgan fingerprint density at radius 1 is 1.35 bits per heavy atom. The third kappa shape index (κ3) is 2.09. The zero-order valence-corrected chi connectivity index (χ0v) is 10.3. The number of nitrogens with one attached hydrogen (secondary N) is 1. The summed E-state index contributed by atoms with van der Waals surface area (Å²) < 4.78 is 5.82. The summed E-state index contributed by atoms with van der Waals surface area (Å²) in [5.74, 6) is 1.86. The summed E-state index contributed by atoms with van der Waals surface area (Å²) in [6, 6.07) is 8.37. The molecule has 0 bridgehead atoms. The average Bonchev–Trinajstić information content (AvgIpc) is 2.68. The van der Waals surface area contributed by atoms with Crippen LogP contribution in [-0.4, -0.2) is 13.1 Å². The molecule has 1 atom stereocenters. The van der Waals surface area contributed by atoms with Gasteiger partial charge in [-0.15, -0.1) is 0 Å². The molecule has 1 aromatic carbocycles. The normalized spacial score (nSPS) is 20.9. The van der Waals surface area contributed by atoms with Crippen molar-refractivity contribution in [3.63, 3.8) is 0 Å². The Balaban J connectivity index is 1.90. The van der Waals surface area contributed by atoms with E-state index in [2.05, 4.69) is 30.4 Å². The molecule has 0 spiro atoms. The summed E-state index contributed by atoms with van der Waals surface area (Å²) in [6.07, 6.45) is 3.79. The van der Waals surface area contributed by atoms with Gasteiger partial charge in [-0.25, -0.2) is 0 Å². The number of fused-ring (bicyclic) bond motifs is 1. The number of benzene rings is 1. The van der Waals surface area contributed by atoms with E-state index < -0.39 is 0 Å². The zero-order valence-electron chi connectivity index (χ0n) is 10.3. The number of rotatable bonds is 2. The van der Waals surface area contributed by atoms with Gasteiger partial charge in [0.25, 0.3) is 0 Å². The third-order valence-electron chi connectivity index (χ3n) is 3.79. The highest BCUT2D eigenvalue weighted by Gasteiger charge is 2.18. The first kappa shape index (κ1) is 10.8. The first-order chi connectivity index (χ1) is 8.34. The topological polar surface area (TPSA) is 25.2 Å². The van der Waals surface area contributed by atoms with E-state index in [4.69, 9.17) is 4.42 Å². The molecule has 90 valence electrons. The van der Waals surface area contributed by atoms with Crippen molar-refractivity contribution < 1.29 is 4.42 Å².